The van der Waals surface area contributed by atoms with Gasteiger partial charge in [0.05, 0.1) is 27.7 Å². The van der Waals surface area contributed by atoms with Crippen LogP contribution in [0.4, 0.5) is 0 Å². The van der Waals surface area contributed by atoms with Gasteiger partial charge in [-0.25, -0.2) is 9.97 Å². The molecule has 2 spiro atoms. The minimum absolute atomic E-state index is 0.0658. The van der Waals surface area contributed by atoms with Crippen molar-refractivity contribution in [2.75, 3.05) is 14.1 Å². The molecule has 2 saturated carbocycles. The van der Waals surface area contributed by atoms with Gasteiger partial charge in [0.1, 0.15) is 12.4 Å². The highest BCUT2D eigenvalue weighted by Crippen LogP contribution is 2.71. The van der Waals surface area contributed by atoms with Crippen molar-refractivity contribution in [1.82, 2.24) is 14.9 Å². The first-order valence-electron chi connectivity index (χ1n) is 13.2. The minimum Gasteiger partial charge on any atom is -0.388 e. The molecule has 5 aliphatic rings. The molecule has 6 nitrogen and oxygen atoms in total. The van der Waals surface area contributed by atoms with E-state index < -0.39 is 28.3 Å². The predicted octanol–water partition coefficient (Wildman–Crippen LogP) is 4.09. The maximum absolute atomic E-state index is 11.2. The molecule has 2 bridgehead atoms. The summed E-state index contributed by atoms with van der Waals surface area (Å²) in [6.07, 6.45) is 11.2. The number of aliphatic hydroxyl groups excluding tert-OH is 2. The van der Waals surface area contributed by atoms with Crippen molar-refractivity contribution in [3.05, 3.63) is 54.0 Å². The molecule has 8 atom stereocenters. The van der Waals surface area contributed by atoms with Crippen LogP contribution < -0.4 is 0 Å². The summed E-state index contributed by atoms with van der Waals surface area (Å²) in [4.78, 5) is 9.98. The minimum atomic E-state index is -0.956. The van der Waals surface area contributed by atoms with Crippen LogP contribution in [0.1, 0.15) is 51.0 Å². The van der Waals surface area contributed by atoms with E-state index in [1.807, 2.05) is 25.2 Å². The van der Waals surface area contributed by atoms with Gasteiger partial charge < -0.3 is 19.8 Å². The number of likely N-dealkylation sites (N-methyl/N-ethyl adjacent to an activating group) is 1. The van der Waals surface area contributed by atoms with Gasteiger partial charge in [-0.1, -0.05) is 31.2 Å². The molecule has 2 N–H and O–H groups in total. The SMILES string of the molecule is CN(C)[C@H]1C[C@@]23CC[C@]4(O2)C2CC=C(c5ccc6cncnc6c5)[C@@]2(C)CCC4(Cl)C=C3[C@@H](O)[C@@H]1O. The van der Waals surface area contributed by atoms with Gasteiger partial charge in [-0.3, -0.25) is 0 Å². The van der Waals surface area contributed by atoms with E-state index >= 15 is 0 Å². The lowest BCUT2D eigenvalue weighted by molar-refractivity contribution is -0.199. The Bertz CT molecular complexity index is 1330. The number of allylic oxidation sites excluding steroid dienone is 2. The average Bonchev–Trinajstić information content (AvgIpc) is 3.39. The average molecular weight is 508 g/mol. The van der Waals surface area contributed by atoms with E-state index in [2.05, 4.69) is 47.2 Å². The Labute approximate surface area is 217 Å². The van der Waals surface area contributed by atoms with Gasteiger partial charge in [0.25, 0.3) is 0 Å². The Morgan fingerprint density at radius 1 is 1.14 bits per heavy atom. The highest BCUT2D eigenvalue weighted by atomic mass is 35.5. The lowest BCUT2D eigenvalue weighted by atomic mass is 9.54. The molecular weight excluding hydrogens is 474 g/mol. The zero-order valence-electron chi connectivity index (χ0n) is 21.1. The number of rotatable bonds is 2. The Hall–Kier alpha value is -1.83. The normalized spacial score (nSPS) is 45.2. The number of hydrogen-bond donors (Lipinski definition) is 2. The van der Waals surface area contributed by atoms with Crippen molar-refractivity contribution in [2.24, 2.45) is 11.3 Å². The lowest BCUT2D eigenvalue weighted by Crippen LogP contribution is -2.68. The molecule has 190 valence electrons. The number of aromatic nitrogens is 2. The molecule has 1 saturated heterocycles. The Morgan fingerprint density at radius 2 is 1.97 bits per heavy atom. The van der Waals surface area contributed by atoms with Crippen LogP contribution in [0, 0.1) is 11.3 Å². The maximum atomic E-state index is 11.2. The number of aliphatic hydroxyl groups is 2. The van der Waals surface area contributed by atoms with Crippen LogP contribution in [-0.4, -0.2) is 73.5 Å². The van der Waals surface area contributed by atoms with Gasteiger partial charge >= 0.3 is 0 Å². The van der Waals surface area contributed by atoms with Crippen LogP contribution in [0.25, 0.3) is 16.5 Å². The molecule has 3 fully saturated rings. The number of fused-ring (bicyclic) bond motifs is 2. The van der Waals surface area contributed by atoms with Crippen molar-refractivity contribution < 1.29 is 14.9 Å². The van der Waals surface area contributed by atoms with Crippen molar-refractivity contribution in [1.29, 1.82) is 0 Å². The van der Waals surface area contributed by atoms with Crippen molar-refractivity contribution in [3.63, 3.8) is 0 Å². The van der Waals surface area contributed by atoms with Gasteiger partial charge in [-0.15, -0.1) is 11.6 Å². The summed E-state index contributed by atoms with van der Waals surface area (Å²) >= 11 is 7.54. The molecular formula is C29H34ClN3O3. The molecule has 2 aliphatic heterocycles. The van der Waals surface area contributed by atoms with E-state index in [1.54, 1.807) is 6.33 Å². The van der Waals surface area contributed by atoms with E-state index in [-0.39, 0.29) is 17.4 Å². The quantitative estimate of drug-likeness (QED) is 0.471. The fraction of sp³-hybridized carbons (Fsp3) is 0.586. The van der Waals surface area contributed by atoms with E-state index in [4.69, 9.17) is 16.3 Å². The highest BCUT2D eigenvalue weighted by molar-refractivity contribution is 6.26. The van der Waals surface area contributed by atoms with Gasteiger partial charge in [0.2, 0.25) is 0 Å². The molecule has 2 unspecified atom stereocenters. The zero-order valence-corrected chi connectivity index (χ0v) is 21.9. The largest absolute Gasteiger partial charge is 0.388 e. The third kappa shape index (κ3) is 2.77. The third-order valence-electron chi connectivity index (χ3n) is 10.5. The van der Waals surface area contributed by atoms with Gasteiger partial charge in [0.15, 0.2) is 0 Å². The number of hydrogen-bond acceptors (Lipinski definition) is 6. The molecule has 36 heavy (non-hydrogen) atoms. The van der Waals surface area contributed by atoms with Crippen LogP contribution in [0.15, 0.2) is 48.4 Å². The summed E-state index contributed by atoms with van der Waals surface area (Å²) in [6, 6.07) is 6.33. The molecule has 1 aromatic heterocycles. The van der Waals surface area contributed by atoms with Crippen molar-refractivity contribution in [2.45, 2.75) is 79.8 Å². The number of nitrogens with zero attached hydrogens (tertiary/aromatic N) is 3. The molecule has 0 amide bonds. The molecule has 0 radical (unpaired) electrons. The molecule has 7 rings (SSSR count). The molecule has 2 aromatic rings. The second kappa shape index (κ2) is 7.39. The molecule has 3 heterocycles. The number of halogens is 1. The fourth-order valence-corrected chi connectivity index (χ4v) is 9.05. The summed E-state index contributed by atoms with van der Waals surface area (Å²) in [6.45, 7) is 2.39. The number of alkyl halides is 1. The zero-order chi connectivity index (χ0) is 25.1. The van der Waals surface area contributed by atoms with Crippen molar-refractivity contribution >= 4 is 28.1 Å². The summed E-state index contributed by atoms with van der Waals surface area (Å²) in [5.41, 5.74) is 3.22. The predicted molar refractivity (Wildman–Crippen MR) is 140 cm³/mol. The summed E-state index contributed by atoms with van der Waals surface area (Å²) in [5.74, 6) is 0.242. The van der Waals surface area contributed by atoms with Crippen LogP contribution in [-0.2, 0) is 4.74 Å². The van der Waals surface area contributed by atoms with Gasteiger partial charge in [-0.05, 0) is 80.8 Å². The van der Waals surface area contributed by atoms with Gasteiger partial charge in [-0.2, -0.15) is 0 Å². The first-order valence-corrected chi connectivity index (χ1v) is 13.6. The van der Waals surface area contributed by atoms with E-state index in [0.717, 1.165) is 48.6 Å². The Kier molecular flexibility index (Phi) is 4.78. The van der Waals surface area contributed by atoms with E-state index in [0.29, 0.717) is 6.42 Å². The smallest absolute Gasteiger partial charge is 0.116 e. The third-order valence-corrected chi connectivity index (χ3v) is 11.1. The highest BCUT2D eigenvalue weighted by Gasteiger charge is 2.73. The Balaban J connectivity index is 1.30. The monoisotopic (exact) mass is 507 g/mol. The maximum Gasteiger partial charge on any atom is 0.116 e. The number of benzene rings is 1. The lowest BCUT2D eigenvalue weighted by Gasteiger charge is -2.61. The molecule has 1 aromatic carbocycles. The summed E-state index contributed by atoms with van der Waals surface area (Å²) in [5, 5.41) is 23.2. The van der Waals surface area contributed by atoms with Crippen LogP contribution >= 0.6 is 11.6 Å². The topological polar surface area (TPSA) is 78.7 Å². The van der Waals surface area contributed by atoms with E-state index in [9.17, 15) is 10.2 Å². The summed E-state index contributed by atoms with van der Waals surface area (Å²) < 4.78 is 7.26. The van der Waals surface area contributed by atoms with Gasteiger partial charge in [0, 0.05) is 23.5 Å². The van der Waals surface area contributed by atoms with Crippen LogP contribution in [0.3, 0.4) is 0 Å². The molecule has 7 heteroatoms. The second-order valence-electron chi connectivity index (χ2n) is 12.2. The molecule has 3 aliphatic carbocycles. The number of ether oxygens (including phenoxy) is 1. The van der Waals surface area contributed by atoms with Crippen LogP contribution in [0.5, 0.6) is 0 Å². The first-order chi connectivity index (χ1) is 17.1. The summed E-state index contributed by atoms with van der Waals surface area (Å²) in [7, 11) is 3.93. The van der Waals surface area contributed by atoms with E-state index in [1.165, 1.54) is 11.1 Å². The standard InChI is InChI=1S/C29H34ClN3O3/c1-26-8-10-28(30)13-20-24(34)25(35)22(33(2)3)14-27(20)9-11-29(28,36-27)23(26)7-6-19(26)17-4-5-18-15-31-16-32-21(18)12-17/h4-6,12-13,15-16,22-25,34-35H,7-11,14H2,1-3H3/t22-,23?,24+,25+,26+,27+,28?,29-/m0/s1. The Morgan fingerprint density at radius 3 is 2.78 bits per heavy atom. The second-order valence-corrected chi connectivity index (χ2v) is 12.9. The first kappa shape index (κ1) is 23.3. The van der Waals surface area contributed by atoms with Crippen molar-refractivity contribution in [3.8, 4) is 0 Å². The van der Waals surface area contributed by atoms with Crippen LogP contribution in [0.2, 0.25) is 0 Å². The fourth-order valence-electron chi connectivity index (χ4n) is 8.57.